The Hall–Kier alpha value is -5.86. The summed E-state index contributed by atoms with van der Waals surface area (Å²) in [6.45, 7) is 9.80. The summed E-state index contributed by atoms with van der Waals surface area (Å²) < 4.78 is 6.98. The molecule has 1 spiro atoms. The standard InChI is InChI=1S/C61H57NO/c1-58(2)29-30-59(3,4)54-37-46(24-27-51(54)58)62(47-25-28-57-55(38-47)61(52-21-13-14-22-56(52)63-57)43-32-39-31-40(34-43)35-44(61)33-39)45-23-26-49-48-19-11-12-20-50(48)60(53(49)36-45,41-15-7-5-8-16-41)42-17-9-6-10-18-42/h5-28,36-40,43-44H,29-35H2,1-4H3. The lowest BCUT2D eigenvalue weighted by molar-refractivity contribution is -0.0452. The van der Waals surface area contributed by atoms with Gasteiger partial charge in [0.1, 0.15) is 11.5 Å². The van der Waals surface area contributed by atoms with E-state index in [0.717, 1.165) is 23.3 Å². The molecule has 7 aromatic rings. The number of anilines is 3. The van der Waals surface area contributed by atoms with Crippen molar-refractivity contribution in [2.45, 2.75) is 94.3 Å². The SMILES string of the molecule is CC1(C)CCC(C)(C)c2cc(N(c3ccc4c(c3)C(c3ccccc3)(c3ccccc3)c3ccccc3-4)c3ccc4c(c3)C3(c5ccccc5O4)C4CC5CC(C4)CC3C5)ccc21. The Morgan fingerprint density at radius 2 is 0.905 bits per heavy atom. The molecule has 0 radical (unpaired) electrons. The molecule has 0 saturated heterocycles. The number of nitrogens with zero attached hydrogens (tertiary/aromatic N) is 1. The fraction of sp³-hybridized carbons (Fsp3) is 0.311. The van der Waals surface area contributed by atoms with Gasteiger partial charge in [-0.2, -0.15) is 0 Å². The monoisotopic (exact) mass is 819 g/mol. The van der Waals surface area contributed by atoms with Crippen LogP contribution in [0.3, 0.4) is 0 Å². The molecule has 6 aliphatic carbocycles. The average Bonchev–Trinajstić information content (AvgIpc) is 3.60. The van der Waals surface area contributed by atoms with Crippen LogP contribution in [0, 0.1) is 23.7 Å². The van der Waals surface area contributed by atoms with E-state index in [-0.39, 0.29) is 16.2 Å². The van der Waals surface area contributed by atoms with Crippen LogP contribution in [0.1, 0.15) is 117 Å². The van der Waals surface area contributed by atoms with Gasteiger partial charge in [0.2, 0.25) is 0 Å². The largest absolute Gasteiger partial charge is 0.457 e. The van der Waals surface area contributed by atoms with Crippen molar-refractivity contribution in [2.75, 3.05) is 4.90 Å². The second-order valence-electron chi connectivity index (χ2n) is 21.5. The van der Waals surface area contributed by atoms with Crippen LogP contribution in [0.4, 0.5) is 17.1 Å². The molecule has 0 unspecified atom stereocenters. The van der Waals surface area contributed by atoms with Crippen LogP contribution < -0.4 is 9.64 Å². The first kappa shape index (κ1) is 37.7. The first-order chi connectivity index (χ1) is 30.7. The fourth-order valence-electron chi connectivity index (χ4n) is 14.8. The van der Waals surface area contributed by atoms with Crippen molar-refractivity contribution in [2.24, 2.45) is 23.7 Å². The predicted octanol–water partition coefficient (Wildman–Crippen LogP) is 15.7. The van der Waals surface area contributed by atoms with Crippen LogP contribution in [0.5, 0.6) is 11.5 Å². The van der Waals surface area contributed by atoms with Crippen LogP contribution in [-0.4, -0.2) is 0 Å². The highest BCUT2D eigenvalue weighted by Gasteiger charge is 2.61. The minimum absolute atomic E-state index is 0.0451. The molecule has 0 aromatic heterocycles. The van der Waals surface area contributed by atoms with Crippen LogP contribution >= 0.6 is 0 Å². The van der Waals surface area contributed by atoms with Crippen molar-refractivity contribution in [1.82, 2.24) is 0 Å². The molecule has 1 heterocycles. The van der Waals surface area contributed by atoms with Gasteiger partial charge in [0, 0.05) is 33.6 Å². The Bertz CT molecular complexity index is 2890. The maximum absolute atomic E-state index is 6.98. The number of ether oxygens (including phenoxy) is 1. The zero-order valence-corrected chi connectivity index (χ0v) is 37.2. The zero-order valence-electron chi connectivity index (χ0n) is 37.2. The van der Waals surface area contributed by atoms with Crippen molar-refractivity contribution in [1.29, 1.82) is 0 Å². The van der Waals surface area contributed by atoms with E-state index in [1.807, 2.05) is 0 Å². The van der Waals surface area contributed by atoms with Crippen LogP contribution in [-0.2, 0) is 21.7 Å². The molecule has 2 heteroatoms. The van der Waals surface area contributed by atoms with Crippen LogP contribution in [0.25, 0.3) is 11.1 Å². The molecule has 7 aromatic carbocycles. The van der Waals surface area contributed by atoms with E-state index in [4.69, 9.17) is 4.74 Å². The van der Waals surface area contributed by atoms with Crippen molar-refractivity contribution in [3.05, 3.63) is 208 Å². The summed E-state index contributed by atoms with van der Waals surface area (Å²) in [5.74, 6) is 5.11. The number of rotatable bonds is 5. The average molecular weight is 820 g/mol. The molecule has 14 rings (SSSR count). The van der Waals surface area contributed by atoms with E-state index < -0.39 is 5.41 Å². The van der Waals surface area contributed by atoms with Crippen molar-refractivity contribution < 1.29 is 4.74 Å². The molecular weight excluding hydrogens is 763 g/mol. The maximum atomic E-state index is 6.98. The molecule has 1 aliphatic heterocycles. The normalized spacial score (nSPS) is 25.6. The number of hydrogen-bond donors (Lipinski definition) is 0. The summed E-state index contributed by atoms with van der Waals surface area (Å²) in [6.07, 6.45) is 9.12. The summed E-state index contributed by atoms with van der Waals surface area (Å²) in [6, 6.07) is 62.8. The molecule has 4 saturated carbocycles. The number of para-hydroxylation sites is 1. The molecule has 0 atom stereocenters. The molecule has 63 heavy (non-hydrogen) atoms. The second-order valence-corrected chi connectivity index (χ2v) is 21.5. The summed E-state index contributed by atoms with van der Waals surface area (Å²) in [5.41, 5.74) is 16.9. The van der Waals surface area contributed by atoms with Crippen LogP contribution in [0.15, 0.2) is 164 Å². The minimum atomic E-state index is -0.490. The summed E-state index contributed by atoms with van der Waals surface area (Å²) in [5, 5.41) is 0. The third-order valence-corrected chi connectivity index (χ3v) is 17.4. The quantitative estimate of drug-likeness (QED) is 0.171. The summed E-state index contributed by atoms with van der Waals surface area (Å²) in [4.78, 5) is 2.60. The Balaban J connectivity index is 1.07. The minimum Gasteiger partial charge on any atom is -0.457 e. The van der Waals surface area contributed by atoms with Gasteiger partial charge in [-0.05, 0) is 172 Å². The van der Waals surface area contributed by atoms with Gasteiger partial charge in [-0.1, -0.05) is 143 Å². The summed E-state index contributed by atoms with van der Waals surface area (Å²) in [7, 11) is 0. The van der Waals surface area contributed by atoms with Crippen molar-refractivity contribution in [3.63, 3.8) is 0 Å². The van der Waals surface area contributed by atoms with Gasteiger partial charge < -0.3 is 9.64 Å². The fourth-order valence-corrected chi connectivity index (χ4v) is 14.8. The van der Waals surface area contributed by atoms with Gasteiger partial charge in [-0.15, -0.1) is 0 Å². The number of fused-ring (bicyclic) bond motifs is 6. The Morgan fingerprint density at radius 3 is 1.57 bits per heavy atom. The van der Waals surface area contributed by atoms with Gasteiger partial charge in [0.15, 0.2) is 0 Å². The predicted molar refractivity (Wildman–Crippen MR) is 258 cm³/mol. The molecule has 2 nitrogen and oxygen atoms in total. The first-order valence-corrected chi connectivity index (χ1v) is 23.9. The highest BCUT2D eigenvalue weighted by molar-refractivity contribution is 5.90. The van der Waals surface area contributed by atoms with Crippen molar-refractivity contribution in [3.8, 4) is 22.6 Å². The van der Waals surface area contributed by atoms with E-state index >= 15 is 0 Å². The van der Waals surface area contributed by atoms with E-state index in [0.29, 0.717) is 11.8 Å². The van der Waals surface area contributed by atoms with Gasteiger partial charge in [0.05, 0.1) is 5.41 Å². The third-order valence-electron chi connectivity index (χ3n) is 17.4. The van der Waals surface area contributed by atoms with E-state index in [9.17, 15) is 0 Å². The topological polar surface area (TPSA) is 12.5 Å². The molecule has 0 N–H and O–H groups in total. The Kier molecular flexibility index (Phi) is 7.97. The summed E-state index contributed by atoms with van der Waals surface area (Å²) >= 11 is 0. The molecular formula is C61H57NO. The lowest BCUT2D eigenvalue weighted by atomic mass is 9.42. The number of hydrogen-bond acceptors (Lipinski definition) is 2. The molecule has 312 valence electrons. The second kappa shape index (κ2) is 13.3. The van der Waals surface area contributed by atoms with Gasteiger partial charge in [-0.25, -0.2) is 0 Å². The van der Waals surface area contributed by atoms with Crippen molar-refractivity contribution >= 4 is 17.1 Å². The van der Waals surface area contributed by atoms with E-state index in [1.165, 1.54) is 118 Å². The molecule has 7 aliphatic rings. The highest BCUT2D eigenvalue weighted by atomic mass is 16.5. The zero-order chi connectivity index (χ0) is 42.3. The van der Waals surface area contributed by atoms with Gasteiger partial charge in [0.25, 0.3) is 0 Å². The molecule has 4 fully saturated rings. The number of benzene rings is 7. The Labute approximate surface area is 374 Å². The third kappa shape index (κ3) is 5.19. The van der Waals surface area contributed by atoms with E-state index in [1.54, 1.807) is 0 Å². The highest BCUT2D eigenvalue weighted by Crippen LogP contribution is 2.69. The molecule has 0 amide bonds. The van der Waals surface area contributed by atoms with Gasteiger partial charge in [-0.3, -0.25) is 0 Å². The maximum Gasteiger partial charge on any atom is 0.131 e. The van der Waals surface area contributed by atoms with E-state index in [2.05, 4.69) is 196 Å². The molecule has 4 bridgehead atoms. The van der Waals surface area contributed by atoms with Crippen LogP contribution in [0.2, 0.25) is 0 Å². The lowest BCUT2D eigenvalue weighted by Crippen LogP contribution is -2.57. The van der Waals surface area contributed by atoms with Gasteiger partial charge >= 0.3 is 0 Å². The lowest BCUT2D eigenvalue weighted by Gasteiger charge is -2.63. The first-order valence-electron chi connectivity index (χ1n) is 23.9. The smallest absolute Gasteiger partial charge is 0.131 e. The Morgan fingerprint density at radius 1 is 0.413 bits per heavy atom.